The maximum absolute atomic E-state index is 12.6. The third kappa shape index (κ3) is 2.62. The molecule has 2 fully saturated rings. The van der Waals surface area contributed by atoms with Crippen LogP contribution in [-0.4, -0.2) is 33.9 Å². The predicted octanol–water partition coefficient (Wildman–Crippen LogP) is 1.79. The van der Waals surface area contributed by atoms with Gasteiger partial charge < -0.3 is 13.9 Å². The molecule has 118 valence electrons. The summed E-state index contributed by atoms with van der Waals surface area (Å²) in [6.45, 7) is 1.92. The van der Waals surface area contributed by atoms with Crippen LogP contribution in [0.25, 0.3) is 11.6 Å². The Morgan fingerprint density at radius 3 is 2.77 bits per heavy atom. The van der Waals surface area contributed by atoms with Gasteiger partial charge in [0.25, 0.3) is 0 Å². The van der Waals surface area contributed by atoms with E-state index in [1.54, 1.807) is 16.9 Å². The van der Waals surface area contributed by atoms with Gasteiger partial charge in [0.2, 0.25) is 5.82 Å². The average molecular weight is 305 g/mol. The van der Waals surface area contributed by atoms with Gasteiger partial charge in [-0.3, -0.25) is 4.57 Å². The maximum Gasteiger partial charge on any atom is 0.346 e. The van der Waals surface area contributed by atoms with Crippen LogP contribution in [0.2, 0.25) is 0 Å². The number of hydrogen-bond donors (Lipinski definition) is 0. The number of ether oxygens (including phenoxy) is 2. The monoisotopic (exact) mass is 305 g/mol. The maximum atomic E-state index is 12.6. The summed E-state index contributed by atoms with van der Waals surface area (Å²) < 4.78 is 19.7. The molecule has 7 nitrogen and oxygen atoms in total. The molecule has 0 N–H and O–H groups in total. The van der Waals surface area contributed by atoms with Gasteiger partial charge in [0.05, 0.1) is 26.0 Å². The molecule has 1 saturated carbocycles. The third-order valence-corrected chi connectivity index (χ3v) is 4.00. The molecule has 0 atom stereocenters. The van der Waals surface area contributed by atoms with E-state index >= 15 is 0 Å². The quantitative estimate of drug-likeness (QED) is 0.842. The van der Waals surface area contributed by atoms with Crippen LogP contribution in [0.5, 0.6) is 0 Å². The molecule has 1 aliphatic carbocycles. The summed E-state index contributed by atoms with van der Waals surface area (Å²) in [5.74, 6) is 1.25. The van der Waals surface area contributed by atoms with Crippen molar-refractivity contribution < 1.29 is 13.9 Å². The van der Waals surface area contributed by atoms with Gasteiger partial charge in [0.1, 0.15) is 0 Å². The normalized spacial score (nSPS) is 19.6. The van der Waals surface area contributed by atoms with Gasteiger partial charge in [0, 0.05) is 12.5 Å². The van der Waals surface area contributed by atoms with Crippen molar-refractivity contribution in [3.8, 4) is 11.6 Å². The van der Waals surface area contributed by atoms with E-state index in [0.29, 0.717) is 37.8 Å². The highest BCUT2D eigenvalue weighted by Gasteiger charge is 2.31. The SMILES string of the molecule is O=c1n(CCC2OCCCO2)nc(-c2ccco2)n1C1CC1. The van der Waals surface area contributed by atoms with Crippen molar-refractivity contribution in [2.24, 2.45) is 0 Å². The second kappa shape index (κ2) is 5.73. The number of aromatic nitrogens is 3. The first-order chi connectivity index (χ1) is 10.8. The highest BCUT2D eigenvalue weighted by Crippen LogP contribution is 2.36. The van der Waals surface area contributed by atoms with Crippen LogP contribution < -0.4 is 5.69 Å². The zero-order valence-corrected chi connectivity index (χ0v) is 12.3. The van der Waals surface area contributed by atoms with E-state index in [2.05, 4.69) is 5.10 Å². The van der Waals surface area contributed by atoms with Crippen molar-refractivity contribution in [3.63, 3.8) is 0 Å². The second-order valence-electron chi connectivity index (χ2n) is 5.72. The minimum atomic E-state index is -0.237. The molecular formula is C15H19N3O4. The van der Waals surface area contributed by atoms with Crippen LogP contribution in [0.3, 0.4) is 0 Å². The number of furan rings is 1. The average Bonchev–Trinajstić information content (AvgIpc) is 3.12. The molecule has 2 aromatic rings. The Morgan fingerprint density at radius 1 is 1.27 bits per heavy atom. The Balaban J connectivity index is 1.57. The zero-order chi connectivity index (χ0) is 14.9. The molecule has 1 saturated heterocycles. The molecule has 4 rings (SSSR count). The summed E-state index contributed by atoms with van der Waals surface area (Å²) in [5.41, 5.74) is -0.0790. The Labute approximate surface area is 127 Å². The fourth-order valence-corrected chi connectivity index (χ4v) is 2.73. The highest BCUT2D eigenvalue weighted by molar-refractivity contribution is 5.46. The lowest BCUT2D eigenvalue weighted by Gasteiger charge is -2.22. The summed E-state index contributed by atoms with van der Waals surface area (Å²) in [4.78, 5) is 12.6. The number of rotatable bonds is 5. The van der Waals surface area contributed by atoms with E-state index in [0.717, 1.165) is 19.3 Å². The van der Waals surface area contributed by atoms with Gasteiger partial charge in [0.15, 0.2) is 12.1 Å². The van der Waals surface area contributed by atoms with Crippen LogP contribution in [0.4, 0.5) is 0 Å². The van der Waals surface area contributed by atoms with Crippen molar-refractivity contribution in [2.45, 2.75) is 44.6 Å². The number of hydrogen-bond acceptors (Lipinski definition) is 5. The molecule has 2 aliphatic rings. The molecule has 0 spiro atoms. The van der Waals surface area contributed by atoms with Crippen molar-refractivity contribution in [3.05, 3.63) is 28.9 Å². The first-order valence-corrected chi connectivity index (χ1v) is 7.79. The summed E-state index contributed by atoms with van der Waals surface area (Å²) >= 11 is 0. The molecular weight excluding hydrogens is 286 g/mol. The molecule has 2 aromatic heterocycles. The fourth-order valence-electron chi connectivity index (χ4n) is 2.73. The predicted molar refractivity (Wildman–Crippen MR) is 77.4 cm³/mol. The Morgan fingerprint density at radius 2 is 2.09 bits per heavy atom. The Hall–Kier alpha value is -1.86. The molecule has 0 aromatic carbocycles. The van der Waals surface area contributed by atoms with Crippen LogP contribution >= 0.6 is 0 Å². The van der Waals surface area contributed by atoms with Crippen LogP contribution in [-0.2, 0) is 16.0 Å². The topological polar surface area (TPSA) is 71.4 Å². The molecule has 1 aliphatic heterocycles. The van der Waals surface area contributed by atoms with E-state index < -0.39 is 0 Å². The van der Waals surface area contributed by atoms with E-state index in [-0.39, 0.29) is 18.0 Å². The van der Waals surface area contributed by atoms with Gasteiger partial charge >= 0.3 is 5.69 Å². The largest absolute Gasteiger partial charge is 0.461 e. The second-order valence-corrected chi connectivity index (χ2v) is 5.72. The van der Waals surface area contributed by atoms with E-state index in [1.165, 1.54) is 4.68 Å². The number of nitrogens with zero attached hydrogens (tertiary/aromatic N) is 3. The molecule has 22 heavy (non-hydrogen) atoms. The van der Waals surface area contributed by atoms with Crippen LogP contribution in [0.1, 0.15) is 31.7 Å². The third-order valence-electron chi connectivity index (χ3n) is 4.00. The van der Waals surface area contributed by atoms with Crippen molar-refractivity contribution in [2.75, 3.05) is 13.2 Å². The van der Waals surface area contributed by atoms with Crippen molar-refractivity contribution in [1.82, 2.24) is 14.3 Å². The molecule has 0 radical (unpaired) electrons. The summed E-state index contributed by atoms with van der Waals surface area (Å²) in [6.07, 6.45) is 4.95. The van der Waals surface area contributed by atoms with Crippen LogP contribution in [0, 0.1) is 0 Å². The van der Waals surface area contributed by atoms with Gasteiger partial charge in [-0.1, -0.05) is 0 Å². The minimum Gasteiger partial charge on any atom is -0.461 e. The molecule has 7 heteroatoms. The standard InChI is InChI=1S/C15H19N3O4/c19-15-17(7-6-13-21-9-2-10-22-13)16-14(12-3-1-8-20-12)18(15)11-4-5-11/h1,3,8,11,13H,2,4-7,9-10H2. The van der Waals surface area contributed by atoms with E-state index in [9.17, 15) is 4.79 Å². The lowest BCUT2D eigenvalue weighted by molar-refractivity contribution is -0.182. The lowest BCUT2D eigenvalue weighted by atomic mass is 10.3. The first kappa shape index (κ1) is 13.8. The Bertz CT molecular complexity index is 678. The smallest absolute Gasteiger partial charge is 0.346 e. The number of aryl methyl sites for hydroxylation is 1. The van der Waals surface area contributed by atoms with Gasteiger partial charge in [-0.25, -0.2) is 9.48 Å². The minimum absolute atomic E-state index is 0.0790. The molecule has 0 unspecified atom stereocenters. The van der Waals surface area contributed by atoms with E-state index in [1.807, 2.05) is 6.07 Å². The highest BCUT2D eigenvalue weighted by atomic mass is 16.7. The first-order valence-electron chi connectivity index (χ1n) is 7.79. The molecule has 0 amide bonds. The molecule has 0 bridgehead atoms. The fraction of sp³-hybridized carbons (Fsp3) is 0.600. The lowest BCUT2D eigenvalue weighted by Crippen LogP contribution is -2.29. The summed E-state index contributed by atoms with van der Waals surface area (Å²) in [6, 6.07) is 3.89. The summed E-state index contributed by atoms with van der Waals surface area (Å²) in [7, 11) is 0. The van der Waals surface area contributed by atoms with Crippen molar-refractivity contribution >= 4 is 0 Å². The zero-order valence-electron chi connectivity index (χ0n) is 12.3. The van der Waals surface area contributed by atoms with Gasteiger partial charge in [-0.2, -0.15) is 0 Å². The summed E-state index contributed by atoms with van der Waals surface area (Å²) in [5, 5.41) is 4.46. The van der Waals surface area contributed by atoms with Gasteiger partial charge in [-0.15, -0.1) is 5.10 Å². The van der Waals surface area contributed by atoms with E-state index in [4.69, 9.17) is 13.9 Å². The van der Waals surface area contributed by atoms with Gasteiger partial charge in [-0.05, 0) is 31.4 Å². The molecule has 3 heterocycles. The van der Waals surface area contributed by atoms with Crippen molar-refractivity contribution in [1.29, 1.82) is 0 Å². The Kier molecular flexibility index (Phi) is 3.59. The van der Waals surface area contributed by atoms with Crippen LogP contribution in [0.15, 0.2) is 27.6 Å².